The number of nitrogens with two attached hydrogens (primary N) is 1. The molecule has 0 bridgehead atoms. The average Bonchev–Trinajstić information content (AvgIpc) is 3.58. The topological polar surface area (TPSA) is 101 Å². The smallest absolute Gasteiger partial charge is 0.378 e. The highest BCUT2D eigenvalue weighted by Crippen LogP contribution is 2.43. The Balaban J connectivity index is 1.35. The number of thiazole rings is 1. The van der Waals surface area contributed by atoms with Crippen molar-refractivity contribution < 1.29 is 27.1 Å². The fourth-order valence-corrected chi connectivity index (χ4v) is 5.94. The van der Waals surface area contributed by atoms with Crippen LogP contribution in [0.25, 0.3) is 21.8 Å². The summed E-state index contributed by atoms with van der Waals surface area (Å²) in [5.41, 5.74) is 6.45. The third-order valence-electron chi connectivity index (χ3n) is 6.84. The molecule has 2 fully saturated rings. The number of rotatable bonds is 5. The third-order valence-corrected chi connectivity index (χ3v) is 7.99. The SMILES string of the molecule is Nc1nccc(-c2nc(N3CCOCC3)sc2-c2cccc(N3CCN(c4ccc(C(F)(F)F)cc4)C3=O)c2F)n1. The maximum absolute atomic E-state index is 16.3. The van der Waals surface area contributed by atoms with Gasteiger partial charge in [-0.3, -0.25) is 9.80 Å². The van der Waals surface area contributed by atoms with Gasteiger partial charge >= 0.3 is 12.2 Å². The van der Waals surface area contributed by atoms with E-state index in [2.05, 4.69) is 14.9 Å². The van der Waals surface area contributed by atoms with Crippen LogP contribution >= 0.6 is 11.3 Å². The molecule has 6 rings (SSSR count). The van der Waals surface area contributed by atoms with Gasteiger partial charge in [0.05, 0.1) is 35.0 Å². The molecule has 0 atom stereocenters. The first-order valence-electron chi connectivity index (χ1n) is 12.7. The summed E-state index contributed by atoms with van der Waals surface area (Å²) in [5, 5.41) is 0.672. The van der Waals surface area contributed by atoms with Crippen molar-refractivity contribution in [3.63, 3.8) is 0 Å². The molecule has 2 saturated heterocycles. The van der Waals surface area contributed by atoms with Gasteiger partial charge in [0.1, 0.15) is 5.69 Å². The average molecular weight is 586 g/mol. The molecule has 4 heterocycles. The minimum Gasteiger partial charge on any atom is -0.378 e. The maximum Gasteiger partial charge on any atom is 0.416 e. The predicted molar refractivity (Wildman–Crippen MR) is 148 cm³/mol. The van der Waals surface area contributed by atoms with Crippen LogP contribution in [0.1, 0.15) is 5.56 Å². The van der Waals surface area contributed by atoms with Crippen molar-refractivity contribution in [3.8, 4) is 21.8 Å². The van der Waals surface area contributed by atoms with Gasteiger partial charge in [0, 0.05) is 43.6 Å². The number of nitrogen functional groups attached to an aromatic ring is 1. The minimum absolute atomic E-state index is 0.0506. The molecule has 0 spiro atoms. The van der Waals surface area contributed by atoms with E-state index in [1.165, 1.54) is 45.5 Å². The number of anilines is 4. The second-order valence-electron chi connectivity index (χ2n) is 9.34. The van der Waals surface area contributed by atoms with Gasteiger partial charge in [-0.15, -0.1) is 0 Å². The highest BCUT2D eigenvalue weighted by atomic mass is 32.1. The molecule has 0 saturated carbocycles. The van der Waals surface area contributed by atoms with Crippen molar-refractivity contribution in [2.75, 3.05) is 59.8 Å². The fraction of sp³-hybridized carbons (Fsp3) is 0.259. The number of alkyl halides is 3. The van der Waals surface area contributed by atoms with Crippen molar-refractivity contribution in [1.82, 2.24) is 15.0 Å². The summed E-state index contributed by atoms with van der Waals surface area (Å²) in [4.78, 5) is 31.5. The Morgan fingerprint density at radius 3 is 2.37 bits per heavy atom. The Bertz CT molecular complexity index is 1590. The van der Waals surface area contributed by atoms with Crippen molar-refractivity contribution in [2.45, 2.75) is 6.18 Å². The van der Waals surface area contributed by atoms with Crippen LogP contribution in [0.15, 0.2) is 54.7 Å². The molecule has 0 radical (unpaired) electrons. The second kappa shape index (κ2) is 10.6. The highest BCUT2D eigenvalue weighted by Gasteiger charge is 2.35. The third kappa shape index (κ3) is 5.15. The van der Waals surface area contributed by atoms with Crippen LogP contribution in [0.4, 0.5) is 44.8 Å². The summed E-state index contributed by atoms with van der Waals surface area (Å²) in [5.74, 6) is -0.579. The Morgan fingerprint density at radius 2 is 1.66 bits per heavy atom. The molecule has 14 heteroatoms. The molecule has 4 aromatic rings. The summed E-state index contributed by atoms with van der Waals surface area (Å²) in [6, 6.07) is 10.2. The molecule has 0 unspecified atom stereocenters. The van der Waals surface area contributed by atoms with E-state index in [0.29, 0.717) is 53.4 Å². The number of benzene rings is 2. The van der Waals surface area contributed by atoms with Crippen LogP contribution in [0.3, 0.4) is 0 Å². The Kier molecular flexibility index (Phi) is 6.95. The van der Waals surface area contributed by atoms with Crippen molar-refractivity contribution >= 4 is 39.8 Å². The molecule has 2 aromatic heterocycles. The number of nitrogens with zero attached hydrogens (tertiary/aromatic N) is 6. The number of aromatic nitrogens is 3. The quantitative estimate of drug-likeness (QED) is 0.318. The van der Waals surface area contributed by atoms with Gasteiger partial charge < -0.3 is 15.4 Å². The molecule has 0 aliphatic carbocycles. The zero-order valence-corrected chi connectivity index (χ0v) is 22.3. The zero-order valence-electron chi connectivity index (χ0n) is 21.4. The zero-order chi connectivity index (χ0) is 28.7. The molecule has 9 nitrogen and oxygen atoms in total. The highest BCUT2D eigenvalue weighted by molar-refractivity contribution is 7.19. The summed E-state index contributed by atoms with van der Waals surface area (Å²) in [7, 11) is 0. The van der Waals surface area contributed by atoms with Crippen LogP contribution in [0, 0.1) is 5.82 Å². The minimum atomic E-state index is -4.49. The van der Waals surface area contributed by atoms with Crippen LogP contribution in [0.2, 0.25) is 0 Å². The summed E-state index contributed by atoms with van der Waals surface area (Å²) >= 11 is 1.30. The van der Waals surface area contributed by atoms with Crippen LogP contribution in [-0.2, 0) is 10.9 Å². The molecule has 41 heavy (non-hydrogen) atoms. The number of hydrogen-bond acceptors (Lipinski definition) is 8. The number of halogens is 4. The van der Waals surface area contributed by atoms with Gasteiger partial charge in [-0.1, -0.05) is 23.5 Å². The van der Waals surface area contributed by atoms with Crippen molar-refractivity contribution in [3.05, 3.63) is 66.1 Å². The molecular weight excluding hydrogens is 562 g/mol. The Morgan fingerprint density at radius 1 is 0.927 bits per heavy atom. The van der Waals surface area contributed by atoms with Gasteiger partial charge in [0.25, 0.3) is 0 Å². The van der Waals surface area contributed by atoms with Gasteiger partial charge in [0.15, 0.2) is 10.9 Å². The van der Waals surface area contributed by atoms with Crippen LogP contribution < -0.4 is 20.4 Å². The van der Waals surface area contributed by atoms with E-state index in [0.717, 1.165) is 12.1 Å². The fourth-order valence-electron chi connectivity index (χ4n) is 4.79. The molecule has 2 aliphatic rings. The lowest BCUT2D eigenvalue weighted by atomic mass is 10.1. The summed E-state index contributed by atoms with van der Waals surface area (Å²) in [6.07, 6.45) is -2.99. The Labute approximate surface area is 235 Å². The lowest BCUT2D eigenvalue weighted by Gasteiger charge is -2.26. The standard InChI is InChI=1S/C27H23F4N7O2S/c28-21-18(23-22(19-8-9-33-24(32)34-19)35-25(41-23)36-12-14-40-15-13-36)2-1-3-20(21)38-11-10-37(26(38)39)17-6-4-16(5-7-17)27(29,30)31/h1-9H,10-15H2,(H2,32,33,34). The van der Waals surface area contributed by atoms with Crippen LogP contribution in [0.5, 0.6) is 0 Å². The van der Waals surface area contributed by atoms with E-state index in [1.54, 1.807) is 18.2 Å². The molecule has 2 N–H and O–H groups in total. The largest absolute Gasteiger partial charge is 0.416 e. The molecule has 2 aliphatic heterocycles. The normalized spacial score (nSPS) is 16.1. The van der Waals surface area contributed by atoms with E-state index in [1.807, 2.05) is 0 Å². The summed E-state index contributed by atoms with van der Waals surface area (Å²) in [6.45, 7) is 2.67. The Hall–Kier alpha value is -4.30. The van der Waals surface area contributed by atoms with Gasteiger partial charge in [-0.2, -0.15) is 13.2 Å². The number of carbonyl (C=O) groups excluding carboxylic acids is 1. The number of hydrogen-bond donors (Lipinski definition) is 1. The number of amides is 2. The lowest BCUT2D eigenvalue weighted by Crippen LogP contribution is -2.36. The lowest BCUT2D eigenvalue weighted by molar-refractivity contribution is -0.137. The maximum atomic E-state index is 16.3. The first kappa shape index (κ1) is 26.9. The molecule has 2 aromatic carbocycles. The molecular formula is C27H23F4N7O2S. The number of urea groups is 1. The number of carbonyl (C=O) groups is 1. The van der Waals surface area contributed by atoms with E-state index in [-0.39, 0.29) is 30.3 Å². The predicted octanol–water partition coefficient (Wildman–Crippen LogP) is 5.29. The van der Waals surface area contributed by atoms with Crippen molar-refractivity contribution in [2.24, 2.45) is 0 Å². The van der Waals surface area contributed by atoms with Crippen molar-refractivity contribution in [1.29, 1.82) is 0 Å². The second-order valence-corrected chi connectivity index (χ2v) is 10.3. The number of ether oxygens (including phenoxy) is 1. The van der Waals surface area contributed by atoms with E-state index in [4.69, 9.17) is 15.5 Å². The van der Waals surface area contributed by atoms with E-state index in [9.17, 15) is 18.0 Å². The first-order valence-corrected chi connectivity index (χ1v) is 13.5. The molecule has 2 amide bonds. The van der Waals surface area contributed by atoms with E-state index < -0.39 is 23.6 Å². The molecule has 212 valence electrons. The van der Waals surface area contributed by atoms with E-state index >= 15 is 4.39 Å². The van der Waals surface area contributed by atoms with Crippen LogP contribution in [-0.4, -0.2) is 60.4 Å². The summed E-state index contributed by atoms with van der Waals surface area (Å²) < 4.78 is 60.7. The first-order chi connectivity index (χ1) is 19.7. The van der Waals surface area contributed by atoms with Gasteiger partial charge in [-0.05, 0) is 36.4 Å². The monoisotopic (exact) mass is 585 g/mol. The van der Waals surface area contributed by atoms with Gasteiger partial charge in [-0.25, -0.2) is 24.1 Å². The number of morpholine rings is 1. The van der Waals surface area contributed by atoms with Gasteiger partial charge in [0.2, 0.25) is 5.95 Å².